The van der Waals surface area contributed by atoms with Crippen molar-refractivity contribution in [3.8, 4) is 0 Å². The quantitative estimate of drug-likeness (QED) is 0.844. The van der Waals surface area contributed by atoms with E-state index in [9.17, 15) is 9.59 Å². The summed E-state index contributed by atoms with van der Waals surface area (Å²) in [5.41, 5.74) is 0.498. The Bertz CT molecular complexity index is 715. The zero-order valence-corrected chi connectivity index (χ0v) is 16.4. The molecule has 0 spiro atoms. The van der Waals surface area contributed by atoms with Crippen LogP contribution in [-0.2, 0) is 0 Å². The molecule has 1 saturated heterocycles. The third kappa shape index (κ3) is 3.49. The van der Waals surface area contributed by atoms with Crippen molar-refractivity contribution in [1.29, 1.82) is 0 Å². The fraction of sp³-hybridized carbons (Fsp3) is 0.682. The number of urea groups is 1. The molecule has 6 rings (SSSR count). The fourth-order valence-electron chi connectivity index (χ4n) is 6.66. The van der Waals surface area contributed by atoms with Crippen LogP contribution in [-0.4, -0.2) is 46.5 Å². The Balaban J connectivity index is 1.18. The van der Waals surface area contributed by atoms with Crippen molar-refractivity contribution >= 4 is 11.9 Å². The fourth-order valence-corrected chi connectivity index (χ4v) is 6.66. The molecule has 1 unspecified atom stereocenters. The Morgan fingerprint density at radius 2 is 1.79 bits per heavy atom. The van der Waals surface area contributed by atoms with Crippen LogP contribution < -0.4 is 10.6 Å². The molecule has 4 saturated carbocycles. The minimum absolute atomic E-state index is 0.00956. The van der Waals surface area contributed by atoms with Gasteiger partial charge >= 0.3 is 6.03 Å². The Hall–Kier alpha value is -2.11. The second-order valence-corrected chi connectivity index (χ2v) is 9.60. The molecule has 4 bridgehead atoms. The lowest BCUT2D eigenvalue weighted by atomic mass is 9.53. The molecule has 2 heterocycles. The van der Waals surface area contributed by atoms with Gasteiger partial charge in [0.25, 0.3) is 5.91 Å². The normalized spacial score (nSPS) is 36.2. The Labute approximate surface area is 166 Å². The highest BCUT2D eigenvalue weighted by Crippen LogP contribution is 2.55. The number of nitrogens with one attached hydrogen (secondary N) is 2. The van der Waals surface area contributed by atoms with Crippen LogP contribution in [0.2, 0.25) is 0 Å². The van der Waals surface area contributed by atoms with Crippen LogP contribution in [0.15, 0.2) is 24.4 Å². The van der Waals surface area contributed by atoms with Crippen molar-refractivity contribution in [2.45, 2.75) is 62.9 Å². The summed E-state index contributed by atoms with van der Waals surface area (Å²) in [6.07, 6.45) is 11.0. The summed E-state index contributed by atoms with van der Waals surface area (Å²) in [4.78, 5) is 31.5. The SMILES string of the molecule is O=C(NC1CCCN(C(=O)c2ccccn2)C1)NC12CC3CC(CC(C3)C1)C2. The minimum Gasteiger partial charge on any atom is -0.335 e. The summed E-state index contributed by atoms with van der Waals surface area (Å²) in [6, 6.07) is 5.36. The van der Waals surface area contributed by atoms with Crippen molar-refractivity contribution in [2.75, 3.05) is 13.1 Å². The lowest BCUT2D eigenvalue weighted by molar-refractivity contribution is -0.0138. The van der Waals surface area contributed by atoms with E-state index in [0.717, 1.165) is 56.4 Å². The number of likely N-dealkylation sites (tertiary alicyclic amines) is 1. The number of nitrogens with zero attached hydrogens (tertiary/aromatic N) is 2. The lowest BCUT2D eigenvalue weighted by Crippen LogP contribution is -2.63. The number of amides is 3. The Morgan fingerprint density at radius 1 is 1.07 bits per heavy atom. The average molecular weight is 383 g/mol. The Morgan fingerprint density at radius 3 is 2.43 bits per heavy atom. The summed E-state index contributed by atoms with van der Waals surface area (Å²) >= 11 is 0. The van der Waals surface area contributed by atoms with Crippen LogP contribution in [0.1, 0.15) is 61.9 Å². The van der Waals surface area contributed by atoms with E-state index in [2.05, 4.69) is 15.6 Å². The average Bonchev–Trinajstić information content (AvgIpc) is 2.66. The standard InChI is InChI=1S/C22H30N4O2/c27-20(19-5-1-2-6-23-19)26-7-3-4-18(14-26)24-21(28)25-22-11-15-8-16(12-22)10-17(9-15)13-22/h1-2,5-6,15-18H,3-4,7-14H2,(H2,24,25,28). The molecule has 3 amide bonds. The van der Waals surface area contributed by atoms with Crippen molar-refractivity contribution in [3.63, 3.8) is 0 Å². The van der Waals surface area contributed by atoms with Gasteiger partial charge in [0.1, 0.15) is 5.69 Å². The van der Waals surface area contributed by atoms with Gasteiger partial charge in [-0.3, -0.25) is 9.78 Å². The number of piperidine rings is 1. The van der Waals surface area contributed by atoms with Crippen molar-refractivity contribution in [1.82, 2.24) is 20.5 Å². The van der Waals surface area contributed by atoms with E-state index in [1.165, 1.54) is 19.3 Å². The monoisotopic (exact) mass is 382 g/mol. The second kappa shape index (κ2) is 7.05. The van der Waals surface area contributed by atoms with Gasteiger partial charge in [-0.1, -0.05) is 6.07 Å². The summed E-state index contributed by atoms with van der Waals surface area (Å²) in [7, 11) is 0. The molecular weight excluding hydrogens is 352 g/mol. The van der Waals surface area contributed by atoms with Crippen molar-refractivity contribution in [3.05, 3.63) is 30.1 Å². The highest BCUT2D eigenvalue weighted by molar-refractivity contribution is 5.92. The van der Waals surface area contributed by atoms with Gasteiger partial charge in [-0.25, -0.2) is 4.79 Å². The number of hydrogen-bond acceptors (Lipinski definition) is 3. The van der Waals surface area contributed by atoms with E-state index >= 15 is 0 Å². The zero-order valence-electron chi connectivity index (χ0n) is 16.4. The number of rotatable bonds is 3. The highest BCUT2D eigenvalue weighted by Gasteiger charge is 2.51. The van der Waals surface area contributed by atoms with Crippen LogP contribution in [0.3, 0.4) is 0 Å². The van der Waals surface area contributed by atoms with E-state index in [1.54, 1.807) is 12.3 Å². The number of hydrogen-bond donors (Lipinski definition) is 2. The number of carbonyl (C=O) groups is 2. The van der Waals surface area contributed by atoms with E-state index in [1.807, 2.05) is 17.0 Å². The first-order valence-electron chi connectivity index (χ1n) is 10.9. The summed E-state index contributed by atoms with van der Waals surface area (Å²) < 4.78 is 0. The van der Waals surface area contributed by atoms with Gasteiger partial charge in [-0.15, -0.1) is 0 Å². The molecule has 0 aromatic carbocycles. The number of pyridine rings is 1. The maximum Gasteiger partial charge on any atom is 0.315 e. The third-order valence-electron chi connectivity index (χ3n) is 7.34. The van der Waals surface area contributed by atoms with Gasteiger partial charge in [0, 0.05) is 30.9 Å². The lowest BCUT2D eigenvalue weighted by Gasteiger charge is -2.56. The molecule has 1 aliphatic heterocycles. The molecule has 1 aromatic rings. The van der Waals surface area contributed by atoms with Crippen LogP contribution in [0, 0.1) is 17.8 Å². The molecule has 4 aliphatic carbocycles. The predicted octanol–water partition coefficient (Wildman–Crippen LogP) is 2.95. The molecule has 1 aromatic heterocycles. The first kappa shape index (κ1) is 18.0. The van der Waals surface area contributed by atoms with Gasteiger partial charge in [0.15, 0.2) is 0 Å². The van der Waals surface area contributed by atoms with Crippen LogP contribution in [0.25, 0.3) is 0 Å². The number of carbonyl (C=O) groups excluding carboxylic acids is 2. The molecule has 28 heavy (non-hydrogen) atoms. The Kier molecular flexibility index (Phi) is 4.52. The van der Waals surface area contributed by atoms with Crippen LogP contribution in [0.5, 0.6) is 0 Å². The predicted molar refractivity (Wildman–Crippen MR) is 106 cm³/mol. The molecule has 2 N–H and O–H groups in total. The van der Waals surface area contributed by atoms with Gasteiger partial charge in [-0.2, -0.15) is 0 Å². The largest absolute Gasteiger partial charge is 0.335 e. The molecule has 0 radical (unpaired) electrons. The molecule has 150 valence electrons. The smallest absolute Gasteiger partial charge is 0.315 e. The molecule has 5 fully saturated rings. The highest BCUT2D eigenvalue weighted by atomic mass is 16.2. The summed E-state index contributed by atoms with van der Waals surface area (Å²) in [5.74, 6) is 2.39. The second-order valence-electron chi connectivity index (χ2n) is 9.60. The first-order chi connectivity index (χ1) is 13.6. The van der Waals surface area contributed by atoms with Gasteiger partial charge < -0.3 is 15.5 Å². The van der Waals surface area contributed by atoms with E-state index in [4.69, 9.17) is 0 Å². The van der Waals surface area contributed by atoms with Crippen molar-refractivity contribution < 1.29 is 9.59 Å². The van der Waals surface area contributed by atoms with Gasteiger partial charge in [-0.05, 0) is 81.3 Å². The summed E-state index contributed by atoms with van der Waals surface area (Å²) in [6.45, 7) is 1.29. The third-order valence-corrected chi connectivity index (χ3v) is 7.34. The van der Waals surface area contributed by atoms with Crippen LogP contribution in [0.4, 0.5) is 4.79 Å². The van der Waals surface area contributed by atoms with E-state index in [0.29, 0.717) is 12.2 Å². The molecular formula is C22H30N4O2. The maximum absolute atomic E-state index is 12.8. The van der Waals surface area contributed by atoms with E-state index < -0.39 is 0 Å². The molecule has 1 atom stereocenters. The van der Waals surface area contributed by atoms with Crippen molar-refractivity contribution in [2.24, 2.45) is 17.8 Å². The molecule has 6 nitrogen and oxygen atoms in total. The maximum atomic E-state index is 12.8. The topological polar surface area (TPSA) is 74.3 Å². The minimum atomic E-state index is -0.0476. The first-order valence-corrected chi connectivity index (χ1v) is 10.9. The molecule has 5 aliphatic rings. The zero-order chi connectivity index (χ0) is 19.1. The summed E-state index contributed by atoms with van der Waals surface area (Å²) in [5, 5.41) is 6.55. The molecule has 6 heteroatoms. The van der Waals surface area contributed by atoms with E-state index in [-0.39, 0.29) is 23.5 Å². The van der Waals surface area contributed by atoms with Crippen LogP contribution >= 0.6 is 0 Å². The van der Waals surface area contributed by atoms with Gasteiger partial charge in [0.05, 0.1) is 0 Å². The number of aromatic nitrogens is 1. The van der Waals surface area contributed by atoms with Gasteiger partial charge in [0.2, 0.25) is 0 Å².